The van der Waals surface area contributed by atoms with E-state index in [2.05, 4.69) is 217 Å². The van der Waals surface area contributed by atoms with E-state index in [1.54, 1.807) is 0 Å². The molecule has 0 fully saturated rings. The Labute approximate surface area is 324 Å². The number of hydrogen-bond acceptors (Lipinski definition) is 0. The molecule has 0 saturated heterocycles. The molecule has 8 aromatic carbocycles. The van der Waals surface area contributed by atoms with Crippen LogP contribution >= 0.6 is 0 Å². The Morgan fingerprint density at radius 1 is 0.204 bits per heavy atom. The number of benzene rings is 8. The summed E-state index contributed by atoms with van der Waals surface area (Å²) in [5, 5.41) is 0. The minimum absolute atomic E-state index is 1.28. The van der Waals surface area contributed by atoms with Crippen molar-refractivity contribution in [1.82, 2.24) is 0 Å². The summed E-state index contributed by atoms with van der Waals surface area (Å²) in [6, 6.07) is 72.3. The third kappa shape index (κ3) is 11.9. The maximum atomic E-state index is 2.31. The van der Waals surface area contributed by atoms with Crippen LogP contribution in [0.2, 0.25) is 0 Å². The molecule has 0 aliphatic heterocycles. The van der Waals surface area contributed by atoms with Crippen LogP contribution in [0.4, 0.5) is 0 Å². The van der Waals surface area contributed by atoms with E-state index in [1.165, 1.54) is 77.9 Å². The van der Waals surface area contributed by atoms with E-state index in [1.807, 2.05) is 30.3 Å². The molecule has 0 N–H and O–H groups in total. The minimum Gasteiger partial charge on any atom is -0.0622 e. The van der Waals surface area contributed by atoms with Crippen molar-refractivity contribution in [1.29, 1.82) is 0 Å². The average molecular weight is 701 g/mol. The second kappa shape index (κ2) is 20.1. The Hall–Kier alpha value is -6.24. The van der Waals surface area contributed by atoms with Crippen molar-refractivity contribution >= 4 is 0 Å². The molecular formula is C54H52. The lowest BCUT2D eigenvalue weighted by Crippen LogP contribution is -1.88. The molecule has 0 aliphatic carbocycles. The number of aryl methyl sites for hydroxylation is 6. The molecule has 0 nitrogen and oxygen atoms in total. The summed E-state index contributed by atoms with van der Waals surface area (Å²) in [6.07, 6.45) is 0. The maximum Gasteiger partial charge on any atom is -0.0146 e. The fourth-order valence-corrected chi connectivity index (χ4v) is 6.08. The van der Waals surface area contributed by atoms with Gasteiger partial charge in [0.1, 0.15) is 0 Å². The second-order valence-corrected chi connectivity index (χ2v) is 13.8. The molecule has 0 saturated carbocycles. The third-order valence-corrected chi connectivity index (χ3v) is 9.28. The van der Waals surface area contributed by atoms with Gasteiger partial charge < -0.3 is 0 Å². The molecule has 268 valence electrons. The first-order valence-corrected chi connectivity index (χ1v) is 18.8. The first-order valence-electron chi connectivity index (χ1n) is 18.8. The van der Waals surface area contributed by atoms with E-state index in [0.29, 0.717) is 0 Å². The second-order valence-electron chi connectivity index (χ2n) is 13.8. The van der Waals surface area contributed by atoms with Crippen molar-refractivity contribution in [3.05, 3.63) is 240 Å². The lowest BCUT2D eigenvalue weighted by Gasteiger charge is -2.12. The lowest BCUT2D eigenvalue weighted by atomic mass is 9.92. The fraction of sp³-hybridized carbons (Fsp3) is 0.111. The number of hydrogen-bond donors (Lipinski definition) is 0. The Balaban J connectivity index is 0.000000148. The summed E-state index contributed by atoms with van der Waals surface area (Å²) in [6.45, 7) is 12.8. The van der Waals surface area contributed by atoms with Gasteiger partial charge in [0.2, 0.25) is 0 Å². The van der Waals surface area contributed by atoms with Gasteiger partial charge in [0, 0.05) is 0 Å². The normalized spacial score (nSPS) is 10.0. The zero-order valence-corrected chi connectivity index (χ0v) is 32.6. The molecule has 54 heavy (non-hydrogen) atoms. The van der Waals surface area contributed by atoms with Gasteiger partial charge in [0.25, 0.3) is 0 Å². The fourth-order valence-electron chi connectivity index (χ4n) is 6.08. The van der Waals surface area contributed by atoms with Crippen LogP contribution in [0, 0.1) is 41.5 Å². The summed E-state index contributed by atoms with van der Waals surface area (Å²) >= 11 is 0. The van der Waals surface area contributed by atoms with Gasteiger partial charge in [-0.25, -0.2) is 0 Å². The summed E-state index contributed by atoms with van der Waals surface area (Å²) in [5.41, 5.74) is 18.2. The van der Waals surface area contributed by atoms with Crippen LogP contribution in [0.1, 0.15) is 33.4 Å². The van der Waals surface area contributed by atoms with Crippen molar-refractivity contribution in [3.63, 3.8) is 0 Å². The van der Waals surface area contributed by atoms with Crippen molar-refractivity contribution in [2.45, 2.75) is 41.5 Å². The molecule has 0 atom stereocenters. The number of rotatable bonds is 4. The van der Waals surface area contributed by atoms with E-state index in [-0.39, 0.29) is 0 Å². The van der Waals surface area contributed by atoms with Crippen molar-refractivity contribution in [2.24, 2.45) is 0 Å². The van der Waals surface area contributed by atoms with Crippen LogP contribution in [0.15, 0.2) is 206 Å². The summed E-state index contributed by atoms with van der Waals surface area (Å²) in [4.78, 5) is 0. The maximum absolute atomic E-state index is 2.31. The highest BCUT2D eigenvalue weighted by Crippen LogP contribution is 2.31. The highest BCUT2D eigenvalue weighted by atomic mass is 14.1. The topological polar surface area (TPSA) is 0 Å². The van der Waals surface area contributed by atoms with E-state index in [4.69, 9.17) is 0 Å². The van der Waals surface area contributed by atoms with Crippen LogP contribution < -0.4 is 0 Å². The van der Waals surface area contributed by atoms with Gasteiger partial charge >= 0.3 is 0 Å². The predicted octanol–water partition coefficient (Wildman–Crippen LogP) is 15.3. The van der Waals surface area contributed by atoms with Crippen LogP contribution in [-0.2, 0) is 0 Å². The molecule has 0 radical (unpaired) electrons. The molecule has 8 aromatic rings. The van der Waals surface area contributed by atoms with Gasteiger partial charge in [0.05, 0.1) is 0 Å². The van der Waals surface area contributed by atoms with E-state index < -0.39 is 0 Å². The van der Waals surface area contributed by atoms with E-state index >= 15 is 0 Å². The smallest absolute Gasteiger partial charge is 0.0146 e. The molecule has 0 aromatic heterocycles. The summed E-state index contributed by atoms with van der Waals surface area (Å²) in [5.74, 6) is 0. The van der Waals surface area contributed by atoms with Crippen LogP contribution in [0.5, 0.6) is 0 Å². The molecule has 0 heterocycles. The lowest BCUT2D eigenvalue weighted by molar-refractivity contribution is 1.40. The Morgan fingerprint density at radius 2 is 0.556 bits per heavy atom. The van der Waals surface area contributed by atoms with Gasteiger partial charge in [-0.05, 0) is 103 Å². The Kier molecular flexibility index (Phi) is 14.5. The van der Waals surface area contributed by atoms with Crippen LogP contribution in [-0.4, -0.2) is 0 Å². The zero-order chi connectivity index (χ0) is 38.1. The monoisotopic (exact) mass is 700 g/mol. The molecule has 0 bridgehead atoms. The quantitative estimate of drug-likeness (QED) is 0.171. The van der Waals surface area contributed by atoms with Crippen LogP contribution in [0.25, 0.3) is 44.5 Å². The van der Waals surface area contributed by atoms with Gasteiger partial charge in [-0.1, -0.05) is 222 Å². The Morgan fingerprint density at radius 3 is 1.02 bits per heavy atom. The average Bonchev–Trinajstić information content (AvgIpc) is 3.21. The summed E-state index contributed by atoms with van der Waals surface area (Å²) in [7, 11) is 0. The van der Waals surface area contributed by atoms with Gasteiger partial charge in [-0.2, -0.15) is 0 Å². The Bertz CT molecular complexity index is 2200. The predicted molar refractivity (Wildman–Crippen MR) is 236 cm³/mol. The third-order valence-electron chi connectivity index (χ3n) is 9.28. The molecule has 0 spiro atoms. The van der Waals surface area contributed by atoms with Crippen LogP contribution in [0.3, 0.4) is 0 Å². The van der Waals surface area contributed by atoms with Gasteiger partial charge in [-0.15, -0.1) is 0 Å². The van der Waals surface area contributed by atoms with Gasteiger partial charge in [-0.3, -0.25) is 0 Å². The van der Waals surface area contributed by atoms with E-state index in [9.17, 15) is 0 Å². The van der Waals surface area contributed by atoms with Crippen molar-refractivity contribution in [3.8, 4) is 44.5 Å². The minimum atomic E-state index is 1.28. The highest BCUT2D eigenvalue weighted by Gasteiger charge is 2.07. The van der Waals surface area contributed by atoms with Gasteiger partial charge in [0.15, 0.2) is 0 Å². The SMILES string of the molecule is Cc1ccc(-c2ccccc2)cc1.Cc1ccc(-c2ccccc2)cc1.Cc1cccc(-c2ccc(C)c(-c3ccccc3C)c2)c1.Cc1ccccc1. The first-order chi connectivity index (χ1) is 26.3. The molecule has 8 rings (SSSR count). The molecular weight excluding hydrogens is 649 g/mol. The van der Waals surface area contributed by atoms with E-state index in [0.717, 1.165) is 0 Å². The molecule has 0 unspecified atom stereocenters. The highest BCUT2D eigenvalue weighted by molar-refractivity contribution is 5.77. The van der Waals surface area contributed by atoms with Crippen molar-refractivity contribution < 1.29 is 0 Å². The largest absolute Gasteiger partial charge is 0.0622 e. The standard InChI is InChI=1S/C21H20.2C13H12.C7H8/c1-15-7-6-9-18(13-15)19-12-11-17(3)21(14-19)20-10-5-4-8-16(20)2;2*1-11-7-9-13(10-8-11)12-5-3-2-4-6-12;1-7-5-3-2-4-6-7/h4-14H,1-3H3;2*2-10H,1H3;2-6H,1H3. The first kappa shape index (κ1) is 39.0. The molecule has 0 aliphatic rings. The summed E-state index contributed by atoms with van der Waals surface area (Å²) < 4.78 is 0. The molecule has 0 amide bonds. The zero-order valence-electron chi connectivity index (χ0n) is 32.6. The van der Waals surface area contributed by atoms with Crippen molar-refractivity contribution in [2.75, 3.05) is 0 Å². The molecule has 0 heteroatoms.